The number of aliphatic hydroxyl groups excluding tert-OH is 1. The van der Waals surface area contributed by atoms with Crippen molar-refractivity contribution in [3.63, 3.8) is 0 Å². The van der Waals surface area contributed by atoms with Crippen LogP contribution in [0.1, 0.15) is 13.3 Å². The first-order valence-electron chi connectivity index (χ1n) is 5.11. The van der Waals surface area contributed by atoms with Crippen LogP contribution in [-0.2, 0) is 23.8 Å². The molecule has 17 heavy (non-hydrogen) atoms. The Kier molecular flexibility index (Phi) is 2.89. The van der Waals surface area contributed by atoms with Gasteiger partial charge in [0.05, 0.1) is 7.11 Å². The van der Waals surface area contributed by atoms with Crippen molar-refractivity contribution in [2.45, 2.75) is 25.6 Å². The van der Waals surface area contributed by atoms with E-state index in [0.717, 1.165) is 0 Å². The number of carbonyl (C=O) groups is 2. The SMILES string of the molecule is COC(=O)C1=CC(O)C2=C(C1)OC(C)C(=O)O2. The van der Waals surface area contributed by atoms with Crippen LogP contribution < -0.4 is 0 Å². The minimum atomic E-state index is -1.16. The molecule has 0 bridgehead atoms. The molecule has 1 aliphatic heterocycles. The Hall–Kier alpha value is -1.82. The highest BCUT2D eigenvalue weighted by molar-refractivity contribution is 5.89. The van der Waals surface area contributed by atoms with E-state index in [4.69, 9.17) is 9.47 Å². The van der Waals surface area contributed by atoms with E-state index in [1.165, 1.54) is 20.1 Å². The molecule has 0 radical (unpaired) electrons. The van der Waals surface area contributed by atoms with Gasteiger partial charge in [-0.25, -0.2) is 9.59 Å². The van der Waals surface area contributed by atoms with Gasteiger partial charge in [0.1, 0.15) is 11.9 Å². The average molecular weight is 240 g/mol. The first kappa shape index (κ1) is 11.7. The second kappa shape index (κ2) is 4.21. The Morgan fingerprint density at radius 3 is 2.94 bits per heavy atom. The third kappa shape index (κ3) is 2.03. The van der Waals surface area contributed by atoms with Crippen LogP contribution in [0.4, 0.5) is 0 Å². The third-order valence-corrected chi connectivity index (χ3v) is 2.56. The van der Waals surface area contributed by atoms with Crippen molar-refractivity contribution in [3.05, 3.63) is 23.2 Å². The highest BCUT2D eigenvalue weighted by atomic mass is 16.6. The number of aliphatic hydroxyl groups is 1. The van der Waals surface area contributed by atoms with Crippen LogP contribution in [-0.4, -0.2) is 36.4 Å². The van der Waals surface area contributed by atoms with E-state index >= 15 is 0 Å². The summed E-state index contributed by atoms with van der Waals surface area (Å²) in [4.78, 5) is 22.6. The largest absolute Gasteiger partial charge is 0.479 e. The molecule has 92 valence electrons. The molecule has 2 rings (SSSR count). The van der Waals surface area contributed by atoms with Crippen molar-refractivity contribution in [1.82, 2.24) is 0 Å². The number of carbonyl (C=O) groups excluding carboxylic acids is 2. The van der Waals surface area contributed by atoms with Gasteiger partial charge in [-0.2, -0.15) is 0 Å². The molecule has 6 nitrogen and oxygen atoms in total. The van der Waals surface area contributed by atoms with Crippen molar-refractivity contribution >= 4 is 11.9 Å². The van der Waals surface area contributed by atoms with Crippen molar-refractivity contribution in [3.8, 4) is 0 Å². The quantitative estimate of drug-likeness (QED) is 0.651. The van der Waals surface area contributed by atoms with E-state index in [9.17, 15) is 14.7 Å². The zero-order chi connectivity index (χ0) is 12.6. The Labute approximate surface area is 97.5 Å². The number of hydrogen-bond acceptors (Lipinski definition) is 6. The van der Waals surface area contributed by atoms with Crippen LogP contribution in [0.2, 0.25) is 0 Å². The highest BCUT2D eigenvalue weighted by Crippen LogP contribution is 2.31. The first-order chi connectivity index (χ1) is 8.02. The standard InChI is InChI=1S/C11H12O6/c1-5-10(13)17-9-7(12)3-6(11(14)15-2)4-8(9)16-5/h3,5,7,12H,4H2,1-2H3. The normalized spacial score (nSPS) is 27.7. The van der Waals surface area contributed by atoms with Gasteiger partial charge in [0, 0.05) is 12.0 Å². The lowest BCUT2D eigenvalue weighted by atomic mass is 10.00. The second-order valence-corrected chi connectivity index (χ2v) is 3.77. The molecule has 0 spiro atoms. The summed E-state index contributed by atoms with van der Waals surface area (Å²) in [5.74, 6) is -0.741. The monoisotopic (exact) mass is 240 g/mol. The number of rotatable bonds is 1. The van der Waals surface area contributed by atoms with Crippen molar-refractivity contribution in [1.29, 1.82) is 0 Å². The van der Waals surface area contributed by atoms with Crippen molar-refractivity contribution < 1.29 is 28.9 Å². The van der Waals surface area contributed by atoms with Crippen molar-refractivity contribution in [2.24, 2.45) is 0 Å². The maximum absolute atomic E-state index is 11.3. The molecule has 0 aromatic carbocycles. The zero-order valence-electron chi connectivity index (χ0n) is 9.43. The van der Waals surface area contributed by atoms with Crippen LogP contribution in [0.5, 0.6) is 0 Å². The summed E-state index contributed by atoms with van der Waals surface area (Å²) in [6, 6.07) is 0. The number of ether oxygens (including phenoxy) is 3. The lowest BCUT2D eigenvalue weighted by Crippen LogP contribution is -2.34. The molecule has 0 saturated heterocycles. The van der Waals surface area contributed by atoms with Crippen LogP contribution in [0.25, 0.3) is 0 Å². The molecular weight excluding hydrogens is 228 g/mol. The summed E-state index contributed by atoms with van der Waals surface area (Å²) in [7, 11) is 1.25. The maximum atomic E-state index is 11.3. The molecule has 0 saturated carbocycles. The average Bonchev–Trinajstić information content (AvgIpc) is 2.30. The van der Waals surface area contributed by atoms with E-state index < -0.39 is 24.1 Å². The van der Waals surface area contributed by atoms with E-state index in [1.807, 2.05) is 0 Å². The predicted molar refractivity (Wildman–Crippen MR) is 54.4 cm³/mol. The van der Waals surface area contributed by atoms with Gasteiger partial charge in [0.15, 0.2) is 11.9 Å². The Balaban J connectivity index is 2.25. The predicted octanol–water partition coefficient (Wildman–Crippen LogP) is 0.0239. The minimum Gasteiger partial charge on any atom is -0.479 e. The molecule has 0 aromatic rings. The summed E-state index contributed by atoms with van der Waals surface area (Å²) in [5.41, 5.74) is 0.281. The number of hydrogen-bond donors (Lipinski definition) is 1. The molecule has 2 aliphatic rings. The van der Waals surface area contributed by atoms with Gasteiger partial charge in [-0.05, 0) is 13.0 Å². The van der Waals surface area contributed by atoms with Gasteiger partial charge in [-0.1, -0.05) is 0 Å². The number of esters is 2. The van der Waals surface area contributed by atoms with Gasteiger partial charge in [0.2, 0.25) is 0 Å². The molecule has 1 heterocycles. The van der Waals surface area contributed by atoms with E-state index in [1.54, 1.807) is 0 Å². The summed E-state index contributed by atoms with van der Waals surface area (Å²) >= 11 is 0. The Bertz CT molecular complexity index is 433. The molecular formula is C11H12O6. The Morgan fingerprint density at radius 1 is 1.59 bits per heavy atom. The Morgan fingerprint density at radius 2 is 2.29 bits per heavy atom. The summed E-state index contributed by atoms with van der Waals surface area (Å²) in [5, 5.41) is 9.72. The van der Waals surface area contributed by atoms with Gasteiger partial charge in [-0.3, -0.25) is 0 Å². The summed E-state index contributed by atoms with van der Waals surface area (Å²) in [6.45, 7) is 1.54. The lowest BCUT2D eigenvalue weighted by molar-refractivity contribution is -0.157. The topological polar surface area (TPSA) is 82.1 Å². The van der Waals surface area contributed by atoms with E-state index in [2.05, 4.69) is 4.74 Å². The minimum absolute atomic E-state index is 0.0563. The van der Waals surface area contributed by atoms with Gasteiger partial charge < -0.3 is 19.3 Å². The molecule has 2 unspecified atom stereocenters. The molecule has 1 N–H and O–H groups in total. The van der Waals surface area contributed by atoms with Crippen LogP contribution in [0.3, 0.4) is 0 Å². The van der Waals surface area contributed by atoms with Crippen molar-refractivity contribution in [2.75, 3.05) is 7.11 Å². The maximum Gasteiger partial charge on any atom is 0.352 e. The molecule has 1 aliphatic carbocycles. The van der Waals surface area contributed by atoms with Crippen LogP contribution in [0.15, 0.2) is 23.2 Å². The van der Waals surface area contributed by atoms with Gasteiger partial charge >= 0.3 is 11.9 Å². The molecule has 2 atom stereocenters. The third-order valence-electron chi connectivity index (χ3n) is 2.56. The lowest BCUT2D eigenvalue weighted by Gasteiger charge is -2.29. The highest BCUT2D eigenvalue weighted by Gasteiger charge is 2.36. The van der Waals surface area contributed by atoms with Crippen LogP contribution in [0, 0.1) is 0 Å². The number of allylic oxidation sites excluding steroid dienone is 1. The summed E-state index contributed by atoms with van der Waals surface area (Å²) < 4.78 is 14.8. The fourth-order valence-corrected chi connectivity index (χ4v) is 1.69. The molecule has 0 fully saturated rings. The zero-order valence-corrected chi connectivity index (χ0v) is 9.43. The fraction of sp³-hybridized carbons (Fsp3) is 0.455. The first-order valence-corrected chi connectivity index (χ1v) is 5.11. The number of methoxy groups -OCH3 is 1. The summed E-state index contributed by atoms with van der Waals surface area (Å²) in [6.07, 6.45) is -0.462. The smallest absolute Gasteiger partial charge is 0.352 e. The fourth-order valence-electron chi connectivity index (χ4n) is 1.69. The molecule has 0 amide bonds. The van der Waals surface area contributed by atoms with E-state index in [0.29, 0.717) is 5.76 Å². The van der Waals surface area contributed by atoms with E-state index in [-0.39, 0.29) is 17.8 Å². The van der Waals surface area contributed by atoms with Crippen LogP contribution >= 0.6 is 0 Å². The molecule has 6 heteroatoms. The van der Waals surface area contributed by atoms with Gasteiger partial charge in [0.25, 0.3) is 0 Å². The molecule has 0 aromatic heterocycles. The van der Waals surface area contributed by atoms with Gasteiger partial charge in [-0.15, -0.1) is 0 Å². The second-order valence-electron chi connectivity index (χ2n) is 3.77.